The quantitative estimate of drug-likeness (QED) is 0.835. The Morgan fingerprint density at radius 2 is 1.74 bits per heavy atom. The first kappa shape index (κ1) is 15.9. The second kappa shape index (κ2) is 6.36. The van der Waals surface area contributed by atoms with Gasteiger partial charge in [0.25, 0.3) is 0 Å². The maximum Gasteiger partial charge on any atom is 0.416 e. The number of nitrogens with one attached hydrogen (secondary N) is 1. The summed E-state index contributed by atoms with van der Waals surface area (Å²) in [5.74, 6) is -0.0931. The number of hydrogen-bond acceptors (Lipinski definition) is 3. The largest absolute Gasteiger partial charge is 0.416 e. The van der Waals surface area contributed by atoms with Gasteiger partial charge in [0.05, 0.1) is 11.3 Å². The second-order valence-corrected chi connectivity index (χ2v) is 5.90. The van der Waals surface area contributed by atoms with E-state index in [0.29, 0.717) is 12.0 Å². The summed E-state index contributed by atoms with van der Waals surface area (Å²) in [6, 6.07) is 4.33. The van der Waals surface area contributed by atoms with Gasteiger partial charge in [0.2, 0.25) is 10.0 Å². The van der Waals surface area contributed by atoms with Crippen LogP contribution in [-0.2, 0) is 22.7 Å². The summed E-state index contributed by atoms with van der Waals surface area (Å²) in [5.41, 5.74) is 4.90. The molecule has 1 aromatic rings. The highest BCUT2D eigenvalue weighted by molar-refractivity contribution is 7.89. The van der Waals surface area contributed by atoms with E-state index >= 15 is 0 Å². The van der Waals surface area contributed by atoms with Gasteiger partial charge in [-0.25, -0.2) is 13.1 Å². The number of hydrogen-bond donors (Lipinski definition) is 2. The van der Waals surface area contributed by atoms with E-state index < -0.39 is 21.8 Å². The molecule has 0 aliphatic carbocycles. The van der Waals surface area contributed by atoms with Crippen LogP contribution in [0.5, 0.6) is 0 Å². The molecular weight excluding hydrogens is 281 g/mol. The van der Waals surface area contributed by atoms with E-state index in [4.69, 9.17) is 5.73 Å². The average Bonchev–Trinajstić information content (AvgIpc) is 2.34. The van der Waals surface area contributed by atoms with Crippen LogP contribution < -0.4 is 10.5 Å². The lowest BCUT2D eigenvalue weighted by Gasteiger charge is -2.09. The van der Waals surface area contributed by atoms with Crippen LogP contribution in [0.15, 0.2) is 24.3 Å². The van der Waals surface area contributed by atoms with Gasteiger partial charge >= 0.3 is 6.18 Å². The van der Waals surface area contributed by atoms with Crippen molar-refractivity contribution in [2.45, 2.75) is 19.1 Å². The number of alkyl halides is 3. The maximum atomic E-state index is 12.3. The summed E-state index contributed by atoms with van der Waals surface area (Å²) in [5, 5.41) is 0. The normalized spacial score (nSPS) is 12.6. The first-order valence-electron chi connectivity index (χ1n) is 5.58. The summed E-state index contributed by atoms with van der Waals surface area (Å²) in [6.45, 7) is 0.228. The average molecular weight is 296 g/mol. The first-order valence-corrected chi connectivity index (χ1v) is 7.23. The number of halogens is 3. The Morgan fingerprint density at radius 1 is 1.16 bits per heavy atom. The molecule has 108 valence electrons. The Hall–Kier alpha value is -1.12. The van der Waals surface area contributed by atoms with Crippen LogP contribution in [0.2, 0.25) is 0 Å². The molecule has 0 aliphatic rings. The van der Waals surface area contributed by atoms with Crippen LogP contribution in [0, 0.1) is 0 Å². The smallest absolute Gasteiger partial charge is 0.330 e. The Labute approximate surface area is 109 Å². The summed E-state index contributed by atoms with van der Waals surface area (Å²) < 4.78 is 62.1. The Kier molecular flexibility index (Phi) is 5.33. The third-order valence-electron chi connectivity index (χ3n) is 2.39. The molecule has 4 nitrogen and oxygen atoms in total. The number of rotatable bonds is 6. The fourth-order valence-electron chi connectivity index (χ4n) is 1.35. The predicted molar refractivity (Wildman–Crippen MR) is 65.7 cm³/mol. The third-order valence-corrected chi connectivity index (χ3v) is 3.80. The Morgan fingerprint density at radius 3 is 2.21 bits per heavy atom. The minimum atomic E-state index is -4.39. The second-order valence-electron chi connectivity index (χ2n) is 3.98. The highest BCUT2D eigenvalue weighted by Crippen LogP contribution is 2.29. The lowest BCUT2D eigenvalue weighted by atomic mass is 10.1. The molecule has 0 atom stereocenters. The van der Waals surface area contributed by atoms with Gasteiger partial charge in [0, 0.05) is 6.54 Å². The van der Waals surface area contributed by atoms with Crippen molar-refractivity contribution in [3.05, 3.63) is 35.4 Å². The lowest BCUT2D eigenvalue weighted by Crippen LogP contribution is -2.27. The predicted octanol–water partition coefficient (Wildman–Crippen LogP) is 1.47. The highest BCUT2D eigenvalue weighted by Gasteiger charge is 2.29. The molecule has 0 unspecified atom stereocenters. The molecule has 19 heavy (non-hydrogen) atoms. The molecule has 1 rings (SSSR count). The van der Waals surface area contributed by atoms with Crippen LogP contribution >= 0.6 is 0 Å². The molecule has 3 N–H and O–H groups in total. The van der Waals surface area contributed by atoms with E-state index in [0.717, 1.165) is 12.1 Å². The number of benzene rings is 1. The molecule has 0 aromatic heterocycles. The van der Waals surface area contributed by atoms with Gasteiger partial charge in [-0.1, -0.05) is 12.1 Å². The van der Waals surface area contributed by atoms with Crippen LogP contribution in [0.4, 0.5) is 13.2 Å². The molecule has 0 saturated carbocycles. The minimum Gasteiger partial charge on any atom is -0.330 e. The molecule has 0 amide bonds. The SMILES string of the molecule is NCCCS(=O)(=O)NCc1ccc(C(F)(F)F)cc1. The van der Waals surface area contributed by atoms with Crippen molar-refractivity contribution in [3.63, 3.8) is 0 Å². The van der Waals surface area contributed by atoms with Crippen molar-refractivity contribution in [2.24, 2.45) is 5.73 Å². The molecule has 1 aromatic carbocycles. The van der Waals surface area contributed by atoms with Crippen molar-refractivity contribution in [2.75, 3.05) is 12.3 Å². The molecule has 0 saturated heterocycles. The van der Waals surface area contributed by atoms with Crippen LogP contribution in [0.3, 0.4) is 0 Å². The summed E-state index contributed by atoms with van der Waals surface area (Å²) in [4.78, 5) is 0. The molecule has 0 aliphatic heterocycles. The lowest BCUT2D eigenvalue weighted by molar-refractivity contribution is -0.137. The topological polar surface area (TPSA) is 72.2 Å². The molecule has 0 spiro atoms. The Balaban J connectivity index is 2.60. The fourth-order valence-corrected chi connectivity index (χ4v) is 2.43. The fraction of sp³-hybridized carbons (Fsp3) is 0.455. The van der Waals surface area contributed by atoms with Crippen molar-refractivity contribution in [1.29, 1.82) is 0 Å². The standard InChI is InChI=1S/C11H15F3N2O2S/c12-11(13,14)10-4-2-9(3-5-10)8-16-19(17,18)7-1-6-15/h2-5,16H,1,6-8,15H2. The van der Waals surface area contributed by atoms with Gasteiger partial charge in [-0.05, 0) is 30.7 Å². The van der Waals surface area contributed by atoms with E-state index in [1.54, 1.807) is 0 Å². The zero-order chi connectivity index (χ0) is 14.5. The van der Waals surface area contributed by atoms with Gasteiger partial charge < -0.3 is 5.73 Å². The molecule has 0 heterocycles. The molecule has 8 heteroatoms. The van der Waals surface area contributed by atoms with Crippen molar-refractivity contribution < 1.29 is 21.6 Å². The summed E-state index contributed by atoms with van der Waals surface area (Å²) in [7, 11) is -3.43. The number of nitrogens with two attached hydrogens (primary N) is 1. The first-order chi connectivity index (χ1) is 8.74. The van der Waals surface area contributed by atoms with Crippen molar-refractivity contribution in [3.8, 4) is 0 Å². The zero-order valence-corrected chi connectivity index (χ0v) is 10.9. The van der Waals surface area contributed by atoms with Crippen molar-refractivity contribution in [1.82, 2.24) is 4.72 Å². The van der Waals surface area contributed by atoms with Crippen molar-refractivity contribution >= 4 is 10.0 Å². The van der Waals surface area contributed by atoms with E-state index in [1.807, 2.05) is 0 Å². The van der Waals surface area contributed by atoms with Crippen LogP contribution in [0.1, 0.15) is 17.5 Å². The van der Waals surface area contributed by atoms with Gasteiger partial charge in [-0.15, -0.1) is 0 Å². The number of sulfonamides is 1. The van der Waals surface area contributed by atoms with Crippen LogP contribution in [-0.4, -0.2) is 20.7 Å². The van der Waals surface area contributed by atoms with E-state index in [2.05, 4.69) is 4.72 Å². The molecule has 0 radical (unpaired) electrons. The van der Waals surface area contributed by atoms with Gasteiger partial charge in [-0.3, -0.25) is 0 Å². The minimum absolute atomic E-state index is 0.0367. The molecule has 0 fully saturated rings. The van der Waals surface area contributed by atoms with Gasteiger partial charge in [-0.2, -0.15) is 13.2 Å². The maximum absolute atomic E-state index is 12.3. The molecular formula is C11H15F3N2O2S. The van der Waals surface area contributed by atoms with E-state index in [1.165, 1.54) is 12.1 Å². The van der Waals surface area contributed by atoms with Gasteiger partial charge in [0.1, 0.15) is 0 Å². The Bertz CT molecular complexity index is 498. The molecule has 0 bridgehead atoms. The monoisotopic (exact) mass is 296 g/mol. The van der Waals surface area contributed by atoms with E-state index in [9.17, 15) is 21.6 Å². The van der Waals surface area contributed by atoms with E-state index in [-0.39, 0.29) is 18.8 Å². The third kappa shape index (κ3) is 5.58. The highest BCUT2D eigenvalue weighted by atomic mass is 32.2. The van der Waals surface area contributed by atoms with Crippen LogP contribution in [0.25, 0.3) is 0 Å². The summed E-state index contributed by atoms with van der Waals surface area (Å²) >= 11 is 0. The van der Waals surface area contributed by atoms with Gasteiger partial charge in [0.15, 0.2) is 0 Å². The zero-order valence-electron chi connectivity index (χ0n) is 10.1. The summed E-state index contributed by atoms with van der Waals surface area (Å²) in [6.07, 6.45) is -4.05.